The molecule has 1 aromatic carbocycles. The molecule has 0 heterocycles. The van der Waals surface area contributed by atoms with Crippen molar-refractivity contribution in [2.75, 3.05) is 12.3 Å². The van der Waals surface area contributed by atoms with Gasteiger partial charge in [0, 0.05) is 18.7 Å². The first-order valence-corrected chi connectivity index (χ1v) is 7.42. The zero-order chi connectivity index (χ0) is 14.0. The molecule has 2 rings (SSSR count). The number of nitrogens with two attached hydrogens (primary N) is 1. The molecule has 0 amide bonds. The molecule has 0 spiro atoms. The Morgan fingerprint density at radius 3 is 2.58 bits per heavy atom. The standard InChI is InChI=1S/C11H15N3O4S/c12-10-6-9(14(15)16)4-5-11(10)19(17,18)13-7-8-2-1-3-8/h4-6,8,13H,1-3,7,12H2. The average molecular weight is 285 g/mol. The number of nitro benzene ring substituents is 1. The summed E-state index contributed by atoms with van der Waals surface area (Å²) in [5.74, 6) is 0.383. The van der Waals surface area contributed by atoms with Gasteiger partial charge in [0.25, 0.3) is 5.69 Å². The number of non-ortho nitro benzene ring substituents is 1. The van der Waals surface area contributed by atoms with Gasteiger partial charge in [0.1, 0.15) is 4.90 Å². The van der Waals surface area contributed by atoms with Crippen molar-refractivity contribution in [3.8, 4) is 0 Å². The van der Waals surface area contributed by atoms with Crippen LogP contribution in [0.15, 0.2) is 23.1 Å². The Labute approximate surface area is 111 Å². The molecule has 1 fully saturated rings. The van der Waals surface area contributed by atoms with Crippen LogP contribution in [0.5, 0.6) is 0 Å². The predicted molar refractivity (Wildman–Crippen MR) is 70.0 cm³/mol. The molecule has 1 aliphatic rings. The number of nitrogen functional groups attached to an aromatic ring is 1. The molecule has 1 saturated carbocycles. The van der Waals surface area contributed by atoms with E-state index in [1.807, 2.05) is 0 Å². The predicted octanol–water partition coefficient (Wildman–Crippen LogP) is 1.26. The van der Waals surface area contributed by atoms with Crippen molar-refractivity contribution in [1.82, 2.24) is 4.72 Å². The van der Waals surface area contributed by atoms with Gasteiger partial charge < -0.3 is 5.73 Å². The molecule has 7 nitrogen and oxygen atoms in total. The SMILES string of the molecule is Nc1cc([N+](=O)[O-])ccc1S(=O)(=O)NCC1CCC1. The molecule has 0 aromatic heterocycles. The summed E-state index contributed by atoms with van der Waals surface area (Å²) in [6.45, 7) is 0.388. The summed E-state index contributed by atoms with van der Waals surface area (Å²) in [6.07, 6.45) is 3.18. The Kier molecular flexibility index (Phi) is 3.72. The van der Waals surface area contributed by atoms with E-state index >= 15 is 0 Å². The summed E-state index contributed by atoms with van der Waals surface area (Å²) < 4.78 is 26.5. The fourth-order valence-corrected chi connectivity index (χ4v) is 3.12. The van der Waals surface area contributed by atoms with Crippen LogP contribution in [0, 0.1) is 16.0 Å². The Bertz CT molecular complexity index is 596. The minimum Gasteiger partial charge on any atom is -0.397 e. The third-order valence-corrected chi connectivity index (χ3v) is 4.78. The van der Waals surface area contributed by atoms with Crippen LogP contribution in [-0.2, 0) is 10.0 Å². The van der Waals surface area contributed by atoms with Crippen molar-refractivity contribution in [2.24, 2.45) is 5.92 Å². The maximum absolute atomic E-state index is 12.0. The van der Waals surface area contributed by atoms with E-state index in [4.69, 9.17) is 5.73 Å². The van der Waals surface area contributed by atoms with Gasteiger partial charge in [-0.3, -0.25) is 10.1 Å². The maximum atomic E-state index is 12.0. The topological polar surface area (TPSA) is 115 Å². The Hall–Kier alpha value is -1.67. The first-order valence-electron chi connectivity index (χ1n) is 5.94. The summed E-state index contributed by atoms with van der Waals surface area (Å²) in [7, 11) is -3.70. The van der Waals surface area contributed by atoms with Gasteiger partial charge in [0.15, 0.2) is 0 Å². The highest BCUT2D eigenvalue weighted by molar-refractivity contribution is 7.89. The van der Waals surface area contributed by atoms with Crippen molar-refractivity contribution in [3.05, 3.63) is 28.3 Å². The number of sulfonamides is 1. The molecule has 3 N–H and O–H groups in total. The Morgan fingerprint density at radius 1 is 1.42 bits per heavy atom. The van der Waals surface area contributed by atoms with Crippen LogP contribution in [0.3, 0.4) is 0 Å². The largest absolute Gasteiger partial charge is 0.397 e. The molecule has 0 atom stereocenters. The lowest BCUT2D eigenvalue weighted by Crippen LogP contribution is -2.32. The molecule has 1 aromatic rings. The van der Waals surface area contributed by atoms with E-state index in [0.29, 0.717) is 12.5 Å². The summed E-state index contributed by atoms with van der Waals surface area (Å²) in [5, 5.41) is 10.6. The maximum Gasteiger partial charge on any atom is 0.271 e. The number of nitrogens with one attached hydrogen (secondary N) is 1. The van der Waals surface area contributed by atoms with Crippen LogP contribution in [0.1, 0.15) is 19.3 Å². The average Bonchev–Trinajstić information content (AvgIpc) is 2.26. The molecule has 0 aliphatic heterocycles. The van der Waals surface area contributed by atoms with Crippen LogP contribution in [0.25, 0.3) is 0 Å². The number of hydrogen-bond donors (Lipinski definition) is 2. The third kappa shape index (κ3) is 3.02. The van der Waals surface area contributed by atoms with E-state index in [-0.39, 0.29) is 16.3 Å². The lowest BCUT2D eigenvalue weighted by atomic mass is 9.86. The van der Waals surface area contributed by atoms with Crippen molar-refractivity contribution in [2.45, 2.75) is 24.2 Å². The van der Waals surface area contributed by atoms with Gasteiger partial charge in [0.2, 0.25) is 10.0 Å². The molecule has 0 radical (unpaired) electrons. The van der Waals surface area contributed by atoms with Crippen LogP contribution in [0.4, 0.5) is 11.4 Å². The van der Waals surface area contributed by atoms with Crippen LogP contribution in [0.2, 0.25) is 0 Å². The van der Waals surface area contributed by atoms with E-state index in [9.17, 15) is 18.5 Å². The van der Waals surface area contributed by atoms with E-state index in [1.165, 1.54) is 0 Å². The summed E-state index contributed by atoms with van der Waals surface area (Å²) in [5.41, 5.74) is 5.23. The second-order valence-corrected chi connectivity index (χ2v) is 6.36. The minimum absolute atomic E-state index is 0.113. The zero-order valence-corrected chi connectivity index (χ0v) is 11.0. The van der Waals surface area contributed by atoms with Crippen molar-refractivity contribution < 1.29 is 13.3 Å². The third-order valence-electron chi connectivity index (χ3n) is 3.28. The van der Waals surface area contributed by atoms with Gasteiger partial charge in [0.05, 0.1) is 10.6 Å². The number of rotatable bonds is 5. The van der Waals surface area contributed by atoms with E-state index in [0.717, 1.165) is 37.5 Å². The second kappa shape index (κ2) is 5.14. The van der Waals surface area contributed by atoms with Crippen molar-refractivity contribution in [1.29, 1.82) is 0 Å². The monoisotopic (exact) mass is 285 g/mol. The van der Waals surface area contributed by atoms with Crippen molar-refractivity contribution >= 4 is 21.4 Å². The molecule has 0 unspecified atom stereocenters. The fourth-order valence-electron chi connectivity index (χ4n) is 1.90. The number of nitro groups is 1. The first kappa shape index (κ1) is 13.8. The van der Waals surface area contributed by atoms with E-state index < -0.39 is 14.9 Å². The quantitative estimate of drug-likeness (QED) is 0.480. The second-order valence-electron chi connectivity index (χ2n) is 4.63. The van der Waals surface area contributed by atoms with Crippen molar-refractivity contribution in [3.63, 3.8) is 0 Å². The molecule has 0 bridgehead atoms. The summed E-state index contributed by atoms with van der Waals surface area (Å²) in [6, 6.07) is 3.35. The highest BCUT2D eigenvalue weighted by Crippen LogP contribution is 2.27. The molecule has 1 aliphatic carbocycles. The normalized spacial score (nSPS) is 16.0. The molecule has 19 heavy (non-hydrogen) atoms. The lowest BCUT2D eigenvalue weighted by molar-refractivity contribution is -0.384. The number of benzene rings is 1. The summed E-state index contributed by atoms with van der Waals surface area (Å²) in [4.78, 5) is 9.83. The smallest absolute Gasteiger partial charge is 0.271 e. The number of anilines is 1. The highest BCUT2D eigenvalue weighted by atomic mass is 32.2. The van der Waals surface area contributed by atoms with E-state index in [2.05, 4.69) is 4.72 Å². The van der Waals surface area contributed by atoms with Crippen LogP contribution in [-0.4, -0.2) is 19.9 Å². The molecular weight excluding hydrogens is 270 g/mol. The van der Waals surface area contributed by atoms with Crippen LogP contribution >= 0.6 is 0 Å². The molecule has 104 valence electrons. The lowest BCUT2D eigenvalue weighted by Gasteiger charge is -2.25. The highest BCUT2D eigenvalue weighted by Gasteiger charge is 2.23. The van der Waals surface area contributed by atoms with Gasteiger partial charge >= 0.3 is 0 Å². The number of hydrogen-bond acceptors (Lipinski definition) is 5. The van der Waals surface area contributed by atoms with Gasteiger partial charge in [-0.15, -0.1) is 0 Å². The van der Waals surface area contributed by atoms with Gasteiger partial charge in [-0.1, -0.05) is 6.42 Å². The Morgan fingerprint density at radius 2 is 2.11 bits per heavy atom. The minimum atomic E-state index is -3.70. The van der Waals surface area contributed by atoms with E-state index in [1.54, 1.807) is 0 Å². The van der Waals surface area contributed by atoms with Gasteiger partial charge in [-0.2, -0.15) is 0 Å². The summed E-state index contributed by atoms with van der Waals surface area (Å²) >= 11 is 0. The number of nitrogens with zero attached hydrogens (tertiary/aromatic N) is 1. The van der Waals surface area contributed by atoms with Gasteiger partial charge in [-0.05, 0) is 24.8 Å². The Balaban J connectivity index is 2.17. The fraction of sp³-hybridized carbons (Fsp3) is 0.455. The molecular formula is C11H15N3O4S. The molecule has 8 heteroatoms. The van der Waals surface area contributed by atoms with Crippen LogP contribution < -0.4 is 10.5 Å². The van der Waals surface area contributed by atoms with Gasteiger partial charge in [-0.25, -0.2) is 13.1 Å². The first-order chi connectivity index (χ1) is 8.90. The molecule has 0 saturated heterocycles. The zero-order valence-electron chi connectivity index (χ0n) is 10.2.